The normalized spacial score (nSPS) is 15.0. The van der Waals surface area contributed by atoms with Crippen molar-refractivity contribution in [1.82, 2.24) is 0 Å². The Morgan fingerprint density at radius 2 is 0.510 bits per heavy atom. The largest absolute Gasteiger partial charge is 0.472 e. The minimum Gasteiger partial charge on any atom is -0.462 e. The van der Waals surface area contributed by atoms with Gasteiger partial charge < -0.3 is 33.8 Å². The van der Waals surface area contributed by atoms with Crippen LogP contribution < -0.4 is 0 Å². The van der Waals surface area contributed by atoms with Crippen LogP contribution in [0.4, 0.5) is 0 Å². The van der Waals surface area contributed by atoms with Crippen molar-refractivity contribution in [2.75, 3.05) is 39.6 Å². The van der Waals surface area contributed by atoms with Crippen molar-refractivity contribution in [3.05, 3.63) is 207 Å². The number of hydrogen-bond donors (Lipinski definition) is 3. The van der Waals surface area contributed by atoms with E-state index in [0.717, 1.165) is 154 Å². The van der Waals surface area contributed by atoms with E-state index in [1.54, 1.807) is 6.08 Å². The van der Waals surface area contributed by atoms with Crippen LogP contribution >= 0.6 is 15.6 Å². The molecule has 5 unspecified atom stereocenters. The van der Waals surface area contributed by atoms with Gasteiger partial charge >= 0.3 is 39.5 Å². The summed E-state index contributed by atoms with van der Waals surface area (Å²) in [5, 5.41) is 10.6. The standard InChI is InChI=1S/C85H132O17P2/c1-5-9-13-17-21-25-29-33-37-38-39-40-44-46-50-54-58-62-66-70-83(88)96-76-81(102-85(90)72-68-64-60-56-52-48-43-36-32-28-24-20-16-12-8-4)78-100-104(93,94)98-74-79(86)73-97-103(91,92)99-77-80(101-84(89)71-67-63-59-55-51-47-42-35-31-27-23-19-15-11-7-3)75-95-82(87)69-65-61-57-53-49-45-41-34-30-26-22-18-14-10-6-2/h9-16,21-28,33-37,39-43,49,51-53,55-56,61,65,79-81,86H,5-8,17-20,29-32,38,44-48,50,54,57-60,62-64,66-78H2,1-4H3,(H,91,92)(H,93,94)/b13-9-,14-10-,15-11-,16-12-,25-21-,26-22-,27-23-,28-24-,37-33-,40-39-,41-34-,42-35-,43-36-,53-49-,55-51-,56-52-,65-61-. The fourth-order valence-electron chi connectivity index (χ4n) is 9.09. The quantitative estimate of drug-likeness (QED) is 0.0169. The molecule has 0 rings (SSSR count). The number of phosphoric acid groups is 2. The van der Waals surface area contributed by atoms with Crippen LogP contribution in [-0.2, 0) is 65.4 Å². The molecule has 19 heteroatoms. The number of aliphatic hydroxyl groups excluding tert-OH is 1. The van der Waals surface area contributed by atoms with Crippen LogP contribution in [0.1, 0.15) is 246 Å². The van der Waals surface area contributed by atoms with Gasteiger partial charge in [0.15, 0.2) is 12.2 Å². The van der Waals surface area contributed by atoms with Crippen LogP contribution in [0.2, 0.25) is 0 Å². The number of esters is 4. The molecule has 0 amide bonds. The first-order valence-electron chi connectivity index (χ1n) is 38.3. The molecular formula is C85H132O17P2. The molecule has 0 aromatic rings. The number of phosphoric ester groups is 2. The average molecular weight is 1490 g/mol. The first-order chi connectivity index (χ1) is 50.7. The molecule has 0 aliphatic rings. The van der Waals surface area contributed by atoms with Gasteiger partial charge in [-0.3, -0.25) is 37.3 Å². The lowest BCUT2D eigenvalue weighted by atomic mass is 10.1. The minimum atomic E-state index is -5.02. The summed E-state index contributed by atoms with van der Waals surface area (Å²) in [6.45, 7) is 4.13. The Kier molecular flexibility index (Phi) is 70.3. The predicted octanol–water partition coefficient (Wildman–Crippen LogP) is 22.3. The van der Waals surface area contributed by atoms with E-state index in [2.05, 4.69) is 204 Å². The number of ether oxygens (including phenoxy) is 4. The predicted molar refractivity (Wildman–Crippen MR) is 426 cm³/mol. The summed E-state index contributed by atoms with van der Waals surface area (Å²) in [5.74, 6) is -2.46. The van der Waals surface area contributed by atoms with Gasteiger partial charge in [0, 0.05) is 19.3 Å². The Morgan fingerprint density at radius 3 is 0.827 bits per heavy atom. The Labute approximate surface area is 627 Å². The van der Waals surface area contributed by atoms with Crippen molar-refractivity contribution in [3.8, 4) is 0 Å². The second-order valence-electron chi connectivity index (χ2n) is 24.4. The average Bonchev–Trinajstić information content (AvgIpc) is 0.912. The van der Waals surface area contributed by atoms with Gasteiger partial charge in [-0.1, -0.05) is 260 Å². The van der Waals surface area contributed by atoms with E-state index in [0.29, 0.717) is 38.5 Å². The van der Waals surface area contributed by atoms with E-state index in [-0.39, 0.29) is 25.7 Å². The van der Waals surface area contributed by atoms with Gasteiger partial charge in [-0.2, -0.15) is 0 Å². The molecule has 0 aliphatic heterocycles. The van der Waals surface area contributed by atoms with Crippen LogP contribution in [0, 0.1) is 0 Å². The smallest absolute Gasteiger partial charge is 0.462 e. The van der Waals surface area contributed by atoms with E-state index >= 15 is 0 Å². The van der Waals surface area contributed by atoms with Gasteiger partial charge in [-0.15, -0.1) is 0 Å². The third kappa shape index (κ3) is 73.9. The van der Waals surface area contributed by atoms with Crippen molar-refractivity contribution in [3.63, 3.8) is 0 Å². The second kappa shape index (κ2) is 74.9. The maximum atomic E-state index is 13.1. The second-order valence-corrected chi connectivity index (χ2v) is 27.3. The molecule has 0 aliphatic carbocycles. The molecule has 0 heterocycles. The van der Waals surface area contributed by atoms with E-state index in [9.17, 15) is 43.2 Å². The van der Waals surface area contributed by atoms with Gasteiger partial charge in [-0.25, -0.2) is 9.13 Å². The highest BCUT2D eigenvalue weighted by Gasteiger charge is 2.30. The first-order valence-corrected chi connectivity index (χ1v) is 41.3. The van der Waals surface area contributed by atoms with Crippen molar-refractivity contribution in [1.29, 1.82) is 0 Å². The molecule has 0 radical (unpaired) electrons. The minimum absolute atomic E-state index is 0.0131. The lowest BCUT2D eigenvalue weighted by molar-refractivity contribution is -0.161. The number of allylic oxidation sites excluding steroid dienone is 33. The van der Waals surface area contributed by atoms with E-state index < -0.39 is 97.5 Å². The zero-order valence-electron chi connectivity index (χ0n) is 63.6. The molecular weight excluding hydrogens is 1350 g/mol. The molecule has 5 atom stereocenters. The molecule has 584 valence electrons. The summed E-state index contributed by atoms with van der Waals surface area (Å²) in [4.78, 5) is 72.9. The van der Waals surface area contributed by atoms with Crippen molar-refractivity contribution in [2.45, 2.75) is 264 Å². The highest BCUT2D eigenvalue weighted by Crippen LogP contribution is 2.45. The zero-order chi connectivity index (χ0) is 76.0. The Hall–Kier alpha value is -6.36. The third-order valence-corrected chi connectivity index (χ3v) is 16.7. The van der Waals surface area contributed by atoms with Crippen LogP contribution in [-0.4, -0.2) is 96.7 Å². The monoisotopic (exact) mass is 1490 g/mol. The van der Waals surface area contributed by atoms with Crippen LogP contribution in [0.5, 0.6) is 0 Å². The molecule has 0 saturated heterocycles. The summed E-state index contributed by atoms with van der Waals surface area (Å²) in [6, 6.07) is 0. The van der Waals surface area contributed by atoms with Crippen molar-refractivity contribution >= 4 is 39.5 Å². The topological polar surface area (TPSA) is 237 Å². The lowest BCUT2D eigenvalue weighted by Gasteiger charge is -2.21. The summed E-state index contributed by atoms with van der Waals surface area (Å²) >= 11 is 0. The SMILES string of the molecule is CC/C=C\C/C=C\C/C=C\C/C=C\C/C=C\CC(=O)OCC(COP(=O)(O)OCC(O)COP(=O)(O)OCC(COC(=O)CCCCCCCC/C=C\C/C=C\C/C=C\C/C=C\CC)OC(=O)CCCC/C=C\C/C=C\C/C=C\C/C=C\CC)OC(=O)CCCC/C=C\C/C=C\C/C=C\C/C=C\CC. The molecule has 0 spiro atoms. The maximum Gasteiger partial charge on any atom is 0.472 e. The van der Waals surface area contributed by atoms with E-state index in [1.807, 2.05) is 24.3 Å². The van der Waals surface area contributed by atoms with E-state index in [4.69, 9.17) is 37.0 Å². The molecule has 3 N–H and O–H groups in total. The summed E-state index contributed by atoms with van der Waals surface area (Å²) in [5.41, 5.74) is 0. The molecule has 0 aromatic carbocycles. The number of hydrogen-bond acceptors (Lipinski definition) is 15. The summed E-state index contributed by atoms with van der Waals surface area (Å²) in [7, 11) is -10.0. The highest BCUT2D eigenvalue weighted by atomic mass is 31.2. The molecule has 0 fully saturated rings. The van der Waals surface area contributed by atoms with Crippen LogP contribution in [0.25, 0.3) is 0 Å². The Bertz CT molecular complexity index is 2790. The summed E-state index contributed by atoms with van der Waals surface area (Å²) in [6.07, 6.45) is 92.9. The first kappa shape index (κ1) is 97.6. The third-order valence-electron chi connectivity index (χ3n) is 14.8. The van der Waals surface area contributed by atoms with Crippen LogP contribution in [0.15, 0.2) is 207 Å². The highest BCUT2D eigenvalue weighted by molar-refractivity contribution is 7.47. The van der Waals surface area contributed by atoms with Crippen molar-refractivity contribution in [2.24, 2.45) is 0 Å². The molecule has 17 nitrogen and oxygen atoms in total. The van der Waals surface area contributed by atoms with E-state index in [1.165, 1.54) is 0 Å². The fourth-order valence-corrected chi connectivity index (χ4v) is 10.7. The Balaban J connectivity index is 5.53. The molecule has 0 bridgehead atoms. The number of aliphatic hydroxyl groups is 1. The van der Waals surface area contributed by atoms with Crippen LogP contribution in [0.3, 0.4) is 0 Å². The molecule has 104 heavy (non-hydrogen) atoms. The van der Waals surface area contributed by atoms with Gasteiger partial charge in [0.05, 0.1) is 32.8 Å². The van der Waals surface area contributed by atoms with Gasteiger partial charge in [0.2, 0.25) is 0 Å². The number of carbonyl (C=O) groups excluding carboxylic acids is 4. The van der Waals surface area contributed by atoms with Gasteiger partial charge in [0.25, 0.3) is 0 Å². The van der Waals surface area contributed by atoms with Gasteiger partial charge in [0.1, 0.15) is 19.3 Å². The van der Waals surface area contributed by atoms with Gasteiger partial charge in [-0.05, 0) is 167 Å². The lowest BCUT2D eigenvalue weighted by Crippen LogP contribution is -2.30. The summed E-state index contributed by atoms with van der Waals surface area (Å²) < 4.78 is 68.3. The number of carbonyl (C=O) groups is 4. The fraction of sp³-hybridized carbons (Fsp3) is 0.553. The zero-order valence-corrected chi connectivity index (χ0v) is 65.4. The maximum absolute atomic E-state index is 13.1. The molecule has 0 aromatic heterocycles. The Morgan fingerprint density at radius 1 is 0.279 bits per heavy atom. The molecule has 0 saturated carbocycles. The number of unbranched alkanes of at least 4 members (excludes halogenated alkanes) is 10. The van der Waals surface area contributed by atoms with Crippen molar-refractivity contribution < 1.29 is 80.2 Å². The number of rotatable bonds is 69.